The Bertz CT molecular complexity index is 3960. The van der Waals surface area contributed by atoms with E-state index in [1.165, 1.54) is 8.96 Å². The lowest BCUT2D eigenvalue weighted by Gasteiger charge is -2.31. The van der Waals surface area contributed by atoms with E-state index >= 15 is 8.63 Å². The Morgan fingerprint density at radius 3 is 1.64 bits per heavy atom. The molecule has 0 radical (unpaired) electrons. The molecule has 3 aromatic heterocycles. The highest BCUT2D eigenvalue weighted by atomic mass is 32.2. The predicted octanol–water partition coefficient (Wildman–Crippen LogP) is 15.0. The monoisotopic (exact) mass is 1170 g/mol. The molecule has 7 aromatic rings. The van der Waals surface area contributed by atoms with Crippen molar-refractivity contribution in [2.24, 2.45) is 0 Å². The number of carboxylic acid groups (broad SMARTS) is 2. The number of hydrogen-bond donors (Lipinski definition) is 2. The van der Waals surface area contributed by atoms with Gasteiger partial charge in [-0.3, -0.25) is 29.0 Å². The summed E-state index contributed by atoms with van der Waals surface area (Å²) < 4.78 is 40.8. The van der Waals surface area contributed by atoms with Crippen molar-refractivity contribution >= 4 is 150 Å². The van der Waals surface area contributed by atoms with E-state index in [4.69, 9.17) is 24.4 Å². The van der Waals surface area contributed by atoms with Crippen molar-refractivity contribution in [2.45, 2.75) is 76.0 Å². The highest BCUT2D eigenvalue weighted by molar-refractivity contribution is 8.27. The van der Waals surface area contributed by atoms with E-state index in [1.54, 1.807) is 34.8 Å². The zero-order valence-corrected chi connectivity index (χ0v) is 47.8. The smallest absolute Gasteiger partial charge is 0.480 e. The molecule has 0 unspecified atom stereocenters. The number of aliphatic carboxylic acids is 2. The predicted molar refractivity (Wildman–Crippen MR) is 328 cm³/mol. The molecule has 2 aliphatic carbocycles. The Morgan fingerprint density at radius 1 is 0.613 bits per heavy atom. The minimum atomic E-state index is -4.61. The van der Waals surface area contributed by atoms with Crippen molar-refractivity contribution in [3.05, 3.63) is 162 Å². The number of rotatable bonds is 12. The van der Waals surface area contributed by atoms with E-state index in [9.17, 15) is 29.4 Å². The Kier molecular flexibility index (Phi) is 13.9. The van der Waals surface area contributed by atoms with E-state index in [1.807, 2.05) is 91.0 Å². The molecular weight excluding hydrogens is 1130 g/mol. The second-order valence-electron chi connectivity index (χ2n) is 21.1. The largest absolute Gasteiger partial charge is 0.737 e. The number of amides is 2. The Labute approximate surface area is 487 Å². The molecule has 2 saturated carbocycles. The van der Waals surface area contributed by atoms with Gasteiger partial charge in [-0.15, -0.1) is 22.7 Å². The number of carbonyl (C=O) groups excluding carboxylic acids is 2. The third-order valence-electron chi connectivity index (χ3n) is 16.1. The van der Waals surface area contributed by atoms with Crippen LogP contribution in [-0.2, 0) is 19.2 Å². The lowest BCUT2D eigenvalue weighted by molar-refractivity contribution is -0.316. The number of carbonyl (C=O) groups is 4. The molecule has 6 aliphatic rings. The number of fused-ring (bicyclic) bond motifs is 6. The average molecular weight is 1180 g/mol. The Morgan fingerprint density at radius 2 is 1.11 bits per heavy atom. The van der Waals surface area contributed by atoms with Gasteiger partial charge in [-0.05, 0) is 120 Å². The molecule has 19 heteroatoms. The molecule has 13 rings (SSSR count). The number of thiophene rings is 2. The average Bonchev–Trinajstić information content (AvgIpc) is 4.47. The molecule has 402 valence electrons. The summed E-state index contributed by atoms with van der Waals surface area (Å²) in [5, 5.41) is 20.4. The fraction of sp³-hybridized carbons (Fsp3) is 0.230. The van der Waals surface area contributed by atoms with Gasteiger partial charge in [-0.1, -0.05) is 153 Å². The number of thiocarbonyl (C=S) groups is 2. The summed E-state index contributed by atoms with van der Waals surface area (Å²) in [5.41, 5.74) is 8.34. The molecule has 10 nitrogen and oxygen atoms in total. The number of halogens is 2. The quantitative estimate of drug-likeness (QED) is 0.0694. The maximum absolute atomic E-state index is 18.9. The van der Waals surface area contributed by atoms with Gasteiger partial charge in [0.25, 0.3) is 11.8 Å². The van der Waals surface area contributed by atoms with Gasteiger partial charge in [-0.25, -0.2) is 0 Å². The maximum atomic E-state index is 18.9. The van der Waals surface area contributed by atoms with Crippen molar-refractivity contribution in [1.82, 2.24) is 14.3 Å². The number of thioether (sulfide) groups is 2. The summed E-state index contributed by atoms with van der Waals surface area (Å²) in [6.45, 7) is -5.64. The maximum Gasteiger partial charge on any atom is 0.737 e. The highest BCUT2D eigenvalue weighted by Crippen LogP contribution is 2.52. The van der Waals surface area contributed by atoms with Gasteiger partial charge in [0.1, 0.15) is 21.7 Å². The summed E-state index contributed by atoms with van der Waals surface area (Å²) >= 11 is 16.2. The van der Waals surface area contributed by atoms with Crippen LogP contribution in [-0.4, -0.2) is 87.1 Å². The first-order chi connectivity index (χ1) is 38.7. The summed E-state index contributed by atoms with van der Waals surface area (Å²) in [6.07, 6.45) is 16.2. The first-order valence-electron chi connectivity index (χ1n) is 26.8. The van der Waals surface area contributed by atoms with Crippen LogP contribution >= 0.6 is 70.6 Å². The fourth-order valence-corrected chi connectivity index (χ4v) is 17.6. The molecule has 7 heterocycles. The van der Waals surface area contributed by atoms with Crippen molar-refractivity contribution in [3.8, 4) is 32.1 Å². The second-order valence-corrected chi connectivity index (χ2v) is 26.6. The van der Waals surface area contributed by atoms with Crippen LogP contribution in [0.4, 0.5) is 8.63 Å². The first kappa shape index (κ1) is 52.7. The third kappa shape index (κ3) is 9.27. The van der Waals surface area contributed by atoms with Gasteiger partial charge in [0.15, 0.2) is 11.4 Å². The van der Waals surface area contributed by atoms with Crippen LogP contribution in [0, 0.1) is 0 Å². The van der Waals surface area contributed by atoms with Crippen LogP contribution in [0.1, 0.15) is 119 Å². The van der Waals surface area contributed by atoms with Crippen LogP contribution in [0.25, 0.3) is 66.8 Å². The standard InChI is InChI=1S/C61H49BF2N4O6S6/c63-62(64)67-48(46-25-38(21-23-42(46)54(67)36-17-9-3-10-18-36)56-44(34-13-5-1-6-14-34)27-40(77-56)29-50-58(73)65(32-52(69)70)60(75)79-50)31-49-47-26-39(22-24-43(47)55(68(49)62)37-19-11-4-12-20-37)57-45(35-15-7-2-8-16-35)28-41(78-57)30-51-59(74)66(33-53(71)72)61(76)80-51/h3-4,9-12,17-31,34-35H,1-2,5-8,13-16,32-33H2,(H,69,70)(H,71,72)/b50-29-,51-30+. The molecular formula is C61H49BF2N4O6S6. The van der Waals surface area contributed by atoms with E-state index < -0.39 is 43.8 Å². The lowest BCUT2D eigenvalue weighted by Crippen LogP contribution is -2.50. The lowest BCUT2D eigenvalue weighted by atomic mass is 9.83. The number of hydrogen-bond acceptors (Lipinski definition) is 10. The number of nitrogens with zero attached hydrogens (tertiary/aromatic N) is 4. The van der Waals surface area contributed by atoms with Gasteiger partial charge >= 0.3 is 18.9 Å². The van der Waals surface area contributed by atoms with Crippen molar-refractivity contribution in [2.75, 3.05) is 13.1 Å². The number of carboxylic acids is 2. The molecule has 80 heavy (non-hydrogen) atoms. The molecule has 4 fully saturated rings. The number of benzene rings is 4. The first-order valence-corrected chi connectivity index (χ1v) is 30.9. The molecule has 2 N–H and O–H groups in total. The Hall–Kier alpha value is -6.61. The van der Waals surface area contributed by atoms with Gasteiger partial charge in [-0.2, -0.15) is 0 Å². The van der Waals surface area contributed by atoms with Gasteiger partial charge in [0, 0.05) is 53.3 Å². The molecule has 2 amide bonds. The van der Waals surface area contributed by atoms with Crippen molar-refractivity contribution < 1.29 is 42.5 Å². The highest BCUT2D eigenvalue weighted by Gasteiger charge is 2.56. The van der Waals surface area contributed by atoms with Crippen LogP contribution < -0.4 is 0 Å². The Balaban J connectivity index is 0.991. The molecule has 0 atom stereocenters. The summed E-state index contributed by atoms with van der Waals surface area (Å²) in [4.78, 5) is 56.9. The summed E-state index contributed by atoms with van der Waals surface area (Å²) in [5.74, 6) is -2.68. The minimum absolute atomic E-state index is 0.196. The zero-order valence-electron chi connectivity index (χ0n) is 42.9. The van der Waals surface area contributed by atoms with E-state index in [0.717, 1.165) is 139 Å². The SMILES string of the molecule is O=C(O)CN1C(=O)/C(=C/c2cc(C3CCCCC3)c(-c3ccc4c(c3)C3=Cc5c6cc(-c7sc(/C=C8/SC(=S)N(CC(=O)O)C8=O)cc7C7CCCCC7)ccc6c(-c6ccccc6)n5[B-](F)(F)[N+]3=C4c3ccccc3)s2)SC1=S. The van der Waals surface area contributed by atoms with Gasteiger partial charge in [0.05, 0.1) is 20.9 Å². The second kappa shape index (κ2) is 21.1. The summed E-state index contributed by atoms with van der Waals surface area (Å²) in [7, 11) is 0. The molecule has 4 aliphatic heterocycles. The van der Waals surface area contributed by atoms with Crippen LogP contribution in [0.2, 0.25) is 0 Å². The van der Waals surface area contributed by atoms with Crippen LogP contribution in [0.3, 0.4) is 0 Å². The van der Waals surface area contributed by atoms with Gasteiger partial charge < -0.3 is 27.8 Å². The molecule has 0 bridgehead atoms. The van der Waals surface area contributed by atoms with Crippen LogP contribution in [0.15, 0.2) is 119 Å². The molecule has 4 aromatic carbocycles. The normalized spacial score (nSPS) is 19.4. The van der Waals surface area contributed by atoms with Crippen LogP contribution in [0.5, 0.6) is 0 Å². The van der Waals surface area contributed by atoms with E-state index in [-0.39, 0.29) is 20.5 Å². The fourth-order valence-electron chi connectivity index (χ4n) is 12.6. The number of aromatic nitrogens is 1. The summed E-state index contributed by atoms with van der Waals surface area (Å²) in [6, 6.07) is 35.3. The minimum Gasteiger partial charge on any atom is -0.480 e. The third-order valence-corrected chi connectivity index (χ3v) is 21.2. The zero-order chi connectivity index (χ0) is 55.1. The molecule has 0 spiro atoms. The van der Waals surface area contributed by atoms with E-state index in [0.29, 0.717) is 65.6 Å². The van der Waals surface area contributed by atoms with E-state index in [2.05, 4.69) is 24.3 Å². The topological polar surface area (TPSA) is 123 Å². The molecule has 2 saturated heterocycles. The van der Waals surface area contributed by atoms with Gasteiger partial charge in [0.2, 0.25) is 0 Å². The van der Waals surface area contributed by atoms with Crippen molar-refractivity contribution in [1.29, 1.82) is 0 Å². The van der Waals surface area contributed by atoms with Crippen molar-refractivity contribution in [3.63, 3.8) is 0 Å².